The first-order valence-electron chi connectivity index (χ1n) is 5.03. The number of allylic oxidation sites excluding steroid dienone is 1. The Balaban J connectivity index is 3.14. The van der Waals surface area contributed by atoms with Crippen molar-refractivity contribution < 1.29 is 15.0 Å². The van der Waals surface area contributed by atoms with Gasteiger partial charge in [0.25, 0.3) is 0 Å². The molecule has 0 aliphatic carbocycles. The summed E-state index contributed by atoms with van der Waals surface area (Å²) >= 11 is 11.6. The number of hydrogen-bond donors (Lipinski definition) is 2. The van der Waals surface area contributed by atoms with Crippen LogP contribution in [0.4, 0.5) is 0 Å². The van der Waals surface area contributed by atoms with Crippen LogP contribution in [-0.4, -0.2) is 16.2 Å². The zero-order valence-corrected chi connectivity index (χ0v) is 10.7. The SMILES string of the molecule is CCC=C(C(=O)O)C(O)c1ccc(Cl)cc1Cl. The van der Waals surface area contributed by atoms with Crippen LogP contribution in [0.25, 0.3) is 0 Å². The van der Waals surface area contributed by atoms with Gasteiger partial charge < -0.3 is 10.2 Å². The van der Waals surface area contributed by atoms with Gasteiger partial charge in [-0.05, 0) is 18.6 Å². The maximum Gasteiger partial charge on any atom is 0.334 e. The van der Waals surface area contributed by atoms with E-state index in [4.69, 9.17) is 28.3 Å². The predicted octanol–water partition coefficient (Wildman–Crippen LogP) is 3.45. The van der Waals surface area contributed by atoms with Gasteiger partial charge in [0.2, 0.25) is 0 Å². The Hall–Kier alpha value is -1.03. The molecule has 92 valence electrons. The Morgan fingerprint density at radius 2 is 2.12 bits per heavy atom. The number of hydrogen-bond acceptors (Lipinski definition) is 2. The third kappa shape index (κ3) is 3.46. The lowest BCUT2D eigenvalue weighted by atomic mass is 10.0. The van der Waals surface area contributed by atoms with Crippen molar-refractivity contribution in [3.63, 3.8) is 0 Å². The lowest BCUT2D eigenvalue weighted by Gasteiger charge is -2.13. The van der Waals surface area contributed by atoms with Crippen LogP contribution < -0.4 is 0 Å². The first kappa shape index (κ1) is 14.0. The second kappa shape index (κ2) is 6.05. The highest BCUT2D eigenvalue weighted by atomic mass is 35.5. The molecule has 0 aliphatic rings. The molecule has 0 heterocycles. The topological polar surface area (TPSA) is 57.5 Å². The van der Waals surface area contributed by atoms with Gasteiger partial charge in [-0.25, -0.2) is 4.79 Å². The standard InChI is InChI=1S/C12H12Cl2O3/c1-2-3-9(12(16)17)11(15)8-5-4-7(13)6-10(8)14/h3-6,11,15H,2H2,1H3,(H,16,17). The quantitative estimate of drug-likeness (QED) is 0.827. The van der Waals surface area contributed by atoms with Crippen LogP contribution in [0.1, 0.15) is 25.0 Å². The monoisotopic (exact) mass is 274 g/mol. The van der Waals surface area contributed by atoms with Crippen LogP contribution in [0.3, 0.4) is 0 Å². The number of carboxylic acid groups (broad SMARTS) is 1. The molecule has 0 radical (unpaired) electrons. The van der Waals surface area contributed by atoms with E-state index in [-0.39, 0.29) is 10.6 Å². The molecule has 0 amide bonds. The Morgan fingerprint density at radius 1 is 1.47 bits per heavy atom. The molecule has 1 aromatic rings. The third-order valence-electron chi connectivity index (χ3n) is 2.22. The summed E-state index contributed by atoms with van der Waals surface area (Å²) in [6.45, 7) is 1.79. The Morgan fingerprint density at radius 3 is 2.59 bits per heavy atom. The van der Waals surface area contributed by atoms with E-state index in [1.165, 1.54) is 18.2 Å². The Labute approximate surface area is 109 Å². The summed E-state index contributed by atoms with van der Waals surface area (Å²) in [5.41, 5.74) is 0.245. The number of aliphatic hydroxyl groups is 1. The largest absolute Gasteiger partial charge is 0.478 e. The van der Waals surface area contributed by atoms with Crippen molar-refractivity contribution in [3.8, 4) is 0 Å². The van der Waals surface area contributed by atoms with Gasteiger partial charge in [-0.3, -0.25) is 0 Å². The number of aliphatic hydroxyl groups excluding tert-OH is 1. The fourth-order valence-electron chi connectivity index (χ4n) is 1.43. The van der Waals surface area contributed by atoms with E-state index in [2.05, 4.69) is 0 Å². The fraction of sp³-hybridized carbons (Fsp3) is 0.250. The smallest absolute Gasteiger partial charge is 0.334 e. The van der Waals surface area contributed by atoms with Crippen molar-refractivity contribution in [2.24, 2.45) is 0 Å². The summed E-state index contributed by atoms with van der Waals surface area (Å²) in [5, 5.41) is 19.6. The minimum absolute atomic E-state index is 0.0864. The molecule has 0 spiro atoms. The van der Waals surface area contributed by atoms with Gasteiger partial charge in [-0.2, -0.15) is 0 Å². The van der Waals surface area contributed by atoms with E-state index >= 15 is 0 Å². The zero-order valence-electron chi connectivity index (χ0n) is 9.15. The van der Waals surface area contributed by atoms with E-state index in [1.807, 2.05) is 0 Å². The summed E-state index contributed by atoms with van der Waals surface area (Å²) in [6.07, 6.45) is 0.721. The average Bonchev–Trinajstić information content (AvgIpc) is 2.24. The van der Waals surface area contributed by atoms with Crippen molar-refractivity contribution in [2.75, 3.05) is 0 Å². The van der Waals surface area contributed by atoms with E-state index in [9.17, 15) is 9.90 Å². The molecule has 0 saturated heterocycles. The Bertz CT molecular complexity index is 455. The van der Waals surface area contributed by atoms with Crippen molar-refractivity contribution in [2.45, 2.75) is 19.4 Å². The first-order chi connectivity index (χ1) is 7.97. The highest BCUT2D eigenvalue weighted by molar-refractivity contribution is 6.35. The molecule has 1 aromatic carbocycles. The van der Waals surface area contributed by atoms with Gasteiger partial charge in [0.15, 0.2) is 0 Å². The number of aliphatic carboxylic acids is 1. The van der Waals surface area contributed by atoms with Crippen LogP contribution in [-0.2, 0) is 4.79 Å². The van der Waals surface area contributed by atoms with Crippen LogP contribution in [0.2, 0.25) is 10.0 Å². The molecule has 2 N–H and O–H groups in total. The van der Waals surface area contributed by atoms with Crippen LogP contribution in [0, 0.1) is 0 Å². The Kier molecular flexibility index (Phi) is 5.00. The van der Waals surface area contributed by atoms with Crippen molar-refractivity contribution in [1.29, 1.82) is 0 Å². The summed E-state index contributed by atoms with van der Waals surface area (Å²) in [5.74, 6) is -1.16. The molecule has 1 atom stereocenters. The van der Waals surface area contributed by atoms with Gasteiger partial charge >= 0.3 is 5.97 Å². The molecule has 0 fully saturated rings. The summed E-state index contributed by atoms with van der Waals surface area (Å²) in [7, 11) is 0. The van der Waals surface area contributed by atoms with Gasteiger partial charge in [0.1, 0.15) is 6.10 Å². The highest BCUT2D eigenvalue weighted by Crippen LogP contribution is 2.30. The molecule has 0 saturated carbocycles. The molecule has 0 aliphatic heterocycles. The molecule has 0 aromatic heterocycles. The zero-order chi connectivity index (χ0) is 13.0. The van der Waals surface area contributed by atoms with Gasteiger partial charge in [-0.1, -0.05) is 42.3 Å². The third-order valence-corrected chi connectivity index (χ3v) is 2.79. The maximum absolute atomic E-state index is 11.0. The van der Waals surface area contributed by atoms with E-state index in [0.717, 1.165) is 0 Å². The van der Waals surface area contributed by atoms with E-state index in [1.54, 1.807) is 13.0 Å². The minimum Gasteiger partial charge on any atom is -0.478 e. The second-order valence-electron chi connectivity index (χ2n) is 3.44. The number of carboxylic acids is 1. The van der Waals surface area contributed by atoms with E-state index < -0.39 is 12.1 Å². The summed E-state index contributed by atoms with van der Waals surface area (Å²) in [6, 6.07) is 4.53. The van der Waals surface area contributed by atoms with E-state index in [0.29, 0.717) is 17.0 Å². The van der Waals surface area contributed by atoms with Crippen LogP contribution in [0.15, 0.2) is 29.8 Å². The number of carbonyl (C=O) groups is 1. The van der Waals surface area contributed by atoms with Crippen LogP contribution in [0.5, 0.6) is 0 Å². The van der Waals surface area contributed by atoms with Gasteiger partial charge in [0.05, 0.1) is 5.57 Å². The average molecular weight is 275 g/mol. The number of halogens is 2. The normalized spacial score (nSPS) is 13.5. The highest BCUT2D eigenvalue weighted by Gasteiger charge is 2.21. The summed E-state index contributed by atoms with van der Waals surface area (Å²) in [4.78, 5) is 11.0. The molecule has 1 rings (SSSR count). The lowest BCUT2D eigenvalue weighted by Crippen LogP contribution is -2.11. The van der Waals surface area contributed by atoms with Crippen molar-refractivity contribution >= 4 is 29.2 Å². The predicted molar refractivity (Wildman–Crippen MR) is 67.4 cm³/mol. The van der Waals surface area contributed by atoms with Crippen molar-refractivity contribution in [3.05, 3.63) is 45.5 Å². The minimum atomic E-state index is -1.25. The second-order valence-corrected chi connectivity index (χ2v) is 4.28. The molecule has 1 unspecified atom stereocenters. The van der Waals surface area contributed by atoms with Crippen LogP contribution >= 0.6 is 23.2 Å². The molecular weight excluding hydrogens is 263 g/mol. The first-order valence-corrected chi connectivity index (χ1v) is 5.79. The molecular formula is C12H12Cl2O3. The van der Waals surface area contributed by atoms with Gasteiger partial charge in [-0.15, -0.1) is 0 Å². The maximum atomic E-state index is 11.0. The van der Waals surface area contributed by atoms with Gasteiger partial charge in [0, 0.05) is 15.6 Å². The molecule has 3 nitrogen and oxygen atoms in total. The fourth-order valence-corrected chi connectivity index (χ4v) is 1.94. The molecule has 5 heteroatoms. The number of benzene rings is 1. The summed E-state index contributed by atoms with van der Waals surface area (Å²) < 4.78 is 0. The lowest BCUT2D eigenvalue weighted by molar-refractivity contribution is -0.133. The molecule has 0 bridgehead atoms. The number of rotatable bonds is 4. The molecule has 17 heavy (non-hydrogen) atoms. The van der Waals surface area contributed by atoms with Crippen molar-refractivity contribution in [1.82, 2.24) is 0 Å².